The molecule has 108 valence electrons. The number of aromatic nitrogens is 1. The Morgan fingerprint density at radius 3 is 2.58 bits per heavy atom. The van der Waals surface area contributed by atoms with Crippen LogP contribution >= 0.6 is 0 Å². The second-order valence-electron chi connectivity index (χ2n) is 4.71. The molecule has 0 unspecified atom stereocenters. The average Bonchev–Trinajstić information content (AvgIpc) is 2.38. The van der Waals surface area contributed by atoms with Gasteiger partial charge >= 0.3 is 0 Å². The van der Waals surface area contributed by atoms with E-state index < -0.39 is 0 Å². The number of likely N-dealkylation sites (N-methyl/N-ethyl adjacent to an activating group) is 1. The van der Waals surface area contributed by atoms with Crippen molar-refractivity contribution in [2.24, 2.45) is 0 Å². The molecule has 5 nitrogen and oxygen atoms in total. The zero-order chi connectivity index (χ0) is 14.3. The Labute approximate surface area is 116 Å². The monoisotopic (exact) mass is 266 g/mol. The lowest BCUT2D eigenvalue weighted by molar-refractivity contribution is 0.234. The Morgan fingerprint density at radius 1 is 1.32 bits per heavy atom. The molecule has 1 heterocycles. The number of rotatable bonds is 8. The van der Waals surface area contributed by atoms with Crippen LogP contribution in [0.1, 0.15) is 27.7 Å². The van der Waals surface area contributed by atoms with Gasteiger partial charge < -0.3 is 20.7 Å². The maximum atomic E-state index is 5.83. The van der Waals surface area contributed by atoms with Gasteiger partial charge in [-0.3, -0.25) is 0 Å². The van der Waals surface area contributed by atoms with Crippen LogP contribution in [0, 0.1) is 0 Å². The highest BCUT2D eigenvalue weighted by atomic mass is 16.5. The first-order valence-electron chi connectivity index (χ1n) is 6.96. The highest BCUT2D eigenvalue weighted by Crippen LogP contribution is 2.21. The number of nitrogens with two attached hydrogens (primary N) is 1. The summed E-state index contributed by atoms with van der Waals surface area (Å²) < 4.78 is 5.57. The Balaban J connectivity index is 2.54. The van der Waals surface area contributed by atoms with Crippen LogP contribution in [0.25, 0.3) is 0 Å². The van der Waals surface area contributed by atoms with Crippen molar-refractivity contribution in [2.75, 3.05) is 37.2 Å². The van der Waals surface area contributed by atoms with Gasteiger partial charge in [0.05, 0.1) is 11.8 Å². The molecule has 19 heavy (non-hydrogen) atoms. The van der Waals surface area contributed by atoms with E-state index in [9.17, 15) is 0 Å². The smallest absolute Gasteiger partial charge is 0.239 e. The van der Waals surface area contributed by atoms with Gasteiger partial charge in [0.15, 0.2) is 0 Å². The van der Waals surface area contributed by atoms with Crippen LogP contribution in [0.4, 0.5) is 11.5 Å². The minimum absolute atomic E-state index is 0.0701. The number of nitrogen functional groups attached to an aromatic ring is 1. The lowest BCUT2D eigenvalue weighted by Crippen LogP contribution is -2.28. The van der Waals surface area contributed by atoms with Gasteiger partial charge in [-0.15, -0.1) is 0 Å². The lowest BCUT2D eigenvalue weighted by Gasteiger charge is -2.18. The molecule has 0 bridgehead atoms. The minimum Gasteiger partial charge on any atom is -0.473 e. The Morgan fingerprint density at radius 2 is 2.00 bits per heavy atom. The highest BCUT2D eigenvalue weighted by Gasteiger charge is 2.06. The lowest BCUT2D eigenvalue weighted by atomic mass is 10.4. The maximum Gasteiger partial charge on any atom is 0.239 e. The number of hydrogen-bond acceptors (Lipinski definition) is 5. The van der Waals surface area contributed by atoms with Crippen LogP contribution in [0.2, 0.25) is 0 Å². The van der Waals surface area contributed by atoms with E-state index >= 15 is 0 Å². The van der Waals surface area contributed by atoms with Gasteiger partial charge in [0.25, 0.3) is 0 Å². The molecular formula is C14H26N4O. The molecular weight excluding hydrogens is 240 g/mol. The van der Waals surface area contributed by atoms with E-state index in [4.69, 9.17) is 10.5 Å². The minimum atomic E-state index is 0.0701. The number of nitrogens with zero attached hydrogens (tertiary/aromatic N) is 2. The molecule has 0 fully saturated rings. The van der Waals surface area contributed by atoms with Crippen LogP contribution in [-0.4, -0.2) is 42.2 Å². The number of pyridine rings is 1. The molecule has 0 aromatic carbocycles. The fraction of sp³-hybridized carbons (Fsp3) is 0.643. The number of nitrogens with one attached hydrogen (secondary N) is 1. The predicted octanol–water partition coefficient (Wildman–Crippen LogP) is 2.20. The summed E-state index contributed by atoms with van der Waals surface area (Å²) in [5, 5.41) is 3.30. The van der Waals surface area contributed by atoms with Crippen LogP contribution in [-0.2, 0) is 0 Å². The molecule has 0 amide bonds. The van der Waals surface area contributed by atoms with E-state index in [0.717, 1.165) is 32.0 Å². The summed E-state index contributed by atoms with van der Waals surface area (Å²) in [7, 11) is 0. The first-order chi connectivity index (χ1) is 9.06. The Hall–Kier alpha value is -1.49. The van der Waals surface area contributed by atoms with Crippen molar-refractivity contribution < 1.29 is 4.74 Å². The number of hydrogen-bond donors (Lipinski definition) is 2. The normalized spacial score (nSPS) is 11.1. The quantitative estimate of drug-likeness (QED) is 0.755. The molecule has 1 aromatic heterocycles. The summed E-state index contributed by atoms with van der Waals surface area (Å²) in [6, 6.07) is 3.70. The van der Waals surface area contributed by atoms with Crippen LogP contribution in [0.5, 0.6) is 5.88 Å². The summed E-state index contributed by atoms with van der Waals surface area (Å²) in [5.74, 6) is 1.31. The fourth-order valence-electron chi connectivity index (χ4n) is 1.75. The number of ether oxygens (including phenoxy) is 1. The molecule has 1 rings (SSSR count). The zero-order valence-corrected chi connectivity index (χ0v) is 12.4. The van der Waals surface area contributed by atoms with E-state index in [2.05, 4.69) is 29.0 Å². The topological polar surface area (TPSA) is 63.4 Å². The average molecular weight is 266 g/mol. The van der Waals surface area contributed by atoms with E-state index in [0.29, 0.717) is 11.6 Å². The molecule has 5 heteroatoms. The molecule has 0 radical (unpaired) electrons. The maximum absolute atomic E-state index is 5.83. The summed E-state index contributed by atoms with van der Waals surface area (Å²) in [6.07, 6.45) is 0.0701. The molecule has 0 saturated heterocycles. The van der Waals surface area contributed by atoms with E-state index in [1.54, 1.807) is 0 Å². The van der Waals surface area contributed by atoms with Gasteiger partial charge in [-0.05, 0) is 39.1 Å². The van der Waals surface area contributed by atoms with Gasteiger partial charge in [-0.2, -0.15) is 4.98 Å². The second kappa shape index (κ2) is 7.84. The van der Waals surface area contributed by atoms with Crippen LogP contribution < -0.4 is 15.8 Å². The summed E-state index contributed by atoms with van der Waals surface area (Å²) >= 11 is 0. The second-order valence-corrected chi connectivity index (χ2v) is 4.71. The molecule has 0 aliphatic rings. The Bertz CT molecular complexity index is 378. The predicted molar refractivity (Wildman–Crippen MR) is 80.7 cm³/mol. The third-order valence-corrected chi connectivity index (χ3v) is 2.87. The first-order valence-corrected chi connectivity index (χ1v) is 6.96. The third-order valence-electron chi connectivity index (χ3n) is 2.87. The largest absolute Gasteiger partial charge is 0.473 e. The van der Waals surface area contributed by atoms with Crippen molar-refractivity contribution in [2.45, 2.75) is 33.8 Å². The van der Waals surface area contributed by atoms with E-state index in [1.165, 1.54) is 0 Å². The van der Waals surface area contributed by atoms with Gasteiger partial charge in [0.2, 0.25) is 5.88 Å². The fourth-order valence-corrected chi connectivity index (χ4v) is 1.75. The summed E-state index contributed by atoms with van der Waals surface area (Å²) in [6.45, 7) is 12.2. The van der Waals surface area contributed by atoms with Gasteiger partial charge in [0.1, 0.15) is 5.82 Å². The standard InChI is InChI=1S/C14H26N4O/c1-5-18(6-2)10-9-16-13-8-7-12(15)14(17-13)19-11(3)4/h7-8,11H,5-6,9-10,15H2,1-4H3,(H,16,17). The Kier molecular flexibility index (Phi) is 6.42. The van der Waals surface area contributed by atoms with E-state index in [-0.39, 0.29) is 6.10 Å². The zero-order valence-electron chi connectivity index (χ0n) is 12.4. The van der Waals surface area contributed by atoms with Gasteiger partial charge in [-0.1, -0.05) is 13.8 Å². The van der Waals surface area contributed by atoms with Gasteiger partial charge in [-0.25, -0.2) is 0 Å². The van der Waals surface area contributed by atoms with Gasteiger partial charge in [0, 0.05) is 13.1 Å². The van der Waals surface area contributed by atoms with Crippen molar-refractivity contribution in [3.05, 3.63) is 12.1 Å². The van der Waals surface area contributed by atoms with Crippen molar-refractivity contribution in [1.29, 1.82) is 0 Å². The molecule has 3 N–H and O–H groups in total. The molecule has 0 spiro atoms. The molecule has 0 saturated carbocycles. The third kappa shape index (κ3) is 5.34. The highest BCUT2D eigenvalue weighted by molar-refractivity contribution is 5.53. The van der Waals surface area contributed by atoms with Crippen molar-refractivity contribution in [3.8, 4) is 5.88 Å². The molecule has 0 aliphatic heterocycles. The summed E-state index contributed by atoms with van der Waals surface area (Å²) in [5.41, 5.74) is 6.41. The summed E-state index contributed by atoms with van der Waals surface area (Å²) in [4.78, 5) is 6.74. The van der Waals surface area contributed by atoms with Crippen molar-refractivity contribution >= 4 is 11.5 Å². The van der Waals surface area contributed by atoms with Crippen LogP contribution in [0.15, 0.2) is 12.1 Å². The van der Waals surface area contributed by atoms with E-state index in [1.807, 2.05) is 26.0 Å². The number of anilines is 2. The molecule has 1 aromatic rings. The van der Waals surface area contributed by atoms with Crippen molar-refractivity contribution in [3.63, 3.8) is 0 Å². The first kappa shape index (κ1) is 15.6. The molecule has 0 atom stereocenters. The van der Waals surface area contributed by atoms with Crippen LogP contribution in [0.3, 0.4) is 0 Å². The SMILES string of the molecule is CCN(CC)CCNc1ccc(N)c(OC(C)C)n1. The van der Waals surface area contributed by atoms with Crippen molar-refractivity contribution in [1.82, 2.24) is 9.88 Å². The molecule has 0 aliphatic carbocycles.